The summed E-state index contributed by atoms with van der Waals surface area (Å²) in [6, 6.07) is 4.52. The van der Waals surface area contributed by atoms with Crippen LogP contribution in [-0.2, 0) is 6.54 Å². The summed E-state index contributed by atoms with van der Waals surface area (Å²) in [5.41, 5.74) is 7.18. The predicted octanol–water partition coefficient (Wildman–Crippen LogP) is 3.42. The van der Waals surface area contributed by atoms with Gasteiger partial charge in [0.15, 0.2) is 0 Å². The largest absolute Gasteiger partial charge is 0.383 e. The molecule has 2 aromatic rings. The summed E-state index contributed by atoms with van der Waals surface area (Å²) in [5.74, 6) is 0.774. The zero-order valence-corrected chi connectivity index (χ0v) is 10.7. The van der Waals surface area contributed by atoms with E-state index in [9.17, 15) is 4.39 Å². The number of hydrogen-bond acceptors (Lipinski definition) is 2. The van der Waals surface area contributed by atoms with Gasteiger partial charge in [-0.2, -0.15) is 0 Å². The maximum atomic E-state index is 13.4. The Balaban J connectivity index is 2.54. The van der Waals surface area contributed by atoms with Gasteiger partial charge in [-0.3, -0.25) is 0 Å². The summed E-state index contributed by atoms with van der Waals surface area (Å²) in [7, 11) is 0. The molecule has 1 aromatic heterocycles. The SMILES string of the molecule is C=CCn1c(C)nc(-c2ccc(Cl)c(F)c2)c1N. The van der Waals surface area contributed by atoms with Crippen LogP contribution in [0.25, 0.3) is 11.3 Å². The van der Waals surface area contributed by atoms with Crippen LogP contribution in [0.1, 0.15) is 5.82 Å². The Morgan fingerprint density at radius 3 is 2.89 bits per heavy atom. The third kappa shape index (κ3) is 2.11. The number of aromatic nitrogens is 2. The normalized spacial score (nSPS) is 10.6. The number of hydrogen-bond donors (Lipinski definition) is 1. The van der Waals surface area contributed by atoms with Crippen LogP contribution in [0.5, 0.6) is 0 Å². The fourth-order valence-corrected chi connectivity index (χ4v) is 1.91. The molecule has 0 amide bonds. The molecule has 1 heterocycles. The minimum Gasteiger partial charge on any atom is -0.383 e. The highest BCUT2D eigenvalue weighted by Crippen LogP contribution is 2.28. The van der Waals surface area contributed by atoms with Crippen molar-refractivity contribution in [3.8, 4) is 11.3 Å². The average molecular weight is 266 g/mol. The molecular formula is C13H13ClFN3. The van der Waals surface area contributed by atoms with E-state index < -0.39 is 5.82 Å². The molecule has 0 spiro atoms. The van der Waals surface area contributed by atoms with Gasteiger partial charge in [0, 0.05) is 12.1 Å². The molecule has 0 saturated heterocycles. The van der Waals surface area contributed by atoms with Crippen molar-refractivity contribution in [2.24, 2.45) is 0 Å². The smallest absolute Gasteiger partial charge is 0.142 e. The highest BCUT2D eigenvalue weighted by Gasteiger charge is 2.14. The number of aryl methyl sites for hydroxylation is 1. The zero-order valence-electron chi connectivity index (χ0n) is 9.95. The lowest BCUT2D eigenvalue weighted by Crippen LogP contribution is -2.03. The van der Waals surface area contributed by atoms with E-state index >= 15 is 0 Å². The summed E-state index contributed by atoms with van der Waals surface area (Å²) in [6.45, 7) is 6.08. The number of anilines is 1. The first-order chi connectivity index (χ1) is 8.54. The minimum absolute atomic E-state index is 0.0829. The van der Waals surface area contributed by atoms with Crippen LogP contribution in [0, 0.1) is 12.7 Å². The van der Waals surface area contributed by atoms with Crippen LogP contribution in [0.3, 0.4) is 0 Å². The second kappa shape index (κ2) is 4.82. The maximum Gasteiger partial charge on any atom is 0.142 e. The van der Waals surface area contributed by atoms with Crippen LogP contribution in [0.2, 0.25) is 5.02 Å². The maximum absolute atomic E-state index is 13.4. The molecule has 0 unspecified atom stereocenters. The van der Waals surface area contributed by atoms with E-state index in [1.54, 1.807) is 12.1 Å². The van der Waals surface area contributed by atoms with Gasteiger partial charge in [0.25, 0.3) is 0 Å². The van der Waals surface area contributed by atoms with Crippen molar-refractivity contribution in [1.82, 2.24) is 9.55 Å². The Hall–Kier alpha value is -1.81. The average Bonchev–Trinajstić information content (AvgIpc) is 2.61. The lowest BCUT2D eigenvalue weighted by Gasteiger charge is -2.04. The van der Waals surface area contributed by atoms with E-state index in [1.807, 2.05) is 11.5 Å². The van der Waals surface area contributed by atoms with Crippen molar-refractivity contribution in [2.75, 3.05) is 5.73 Å². The fourth-order valence-electron chi connectivity index (χ4n) is 1.80. The number of nitrogens with zero attached hydrogens (tertiary/aromatic N) is 2. The quantitative estimate of drug-likeness (QED) is 0.864. The molecular weight excluding hydrogens is 253 g/mol. The van der Waals surface area contributed by atoms with Crippen molar-refractivity contribution < 1.29 is 4.39 Å². The van der Waals surface area contributed by atoms with Gasteiger partial charge in [0.2, 0.25) is 0 Å². The number of nitrogen functional groups attached to an aromatic ring is 1. The van der Waals surface area contributed by atoms with Gasteiger partial charge in [-0.05, 0) is 19.1 Å². The van der Waals surface area contributed by atoms with Crippen molar-refractivity contribution >= 4 is 17.4 Å². The minimum atomic E-state index is -0.482. The molecule has 0 aliphatic heterocycles. The number of imidazole rings is 1. The highest BCUT2D eigenvalue weighted by molar-refractivity contribution is 6.30. The van der Waals surface area contributed by atoms with Gasteiger partial charge in [-0.25, -0.2) is 9.37 Å². The molecule has 5 heteroatoms. The Labute approximate surface area is 110 Å². The van der Waals surface area contributed by atoms with Gasteiger partial charge in [0.1, 0.15) is 23.2 Å². The standard InChI is InChI=1S/C13H13ClFN3/c1-3-6-18-8(2)17-12(13(18)16)9-4-5-10(14)11(15)7-9/h3-5,7H,1,6,16H2,2H3. The van der Waals surface area contributed by atoms with Crippen LogP contribution in [-0.4, -0.2) is 9.55 Å². The van der Waals surface area contributed by atoms with Gasteiger partial charge < -0.3 is 10.3 Å². The van der Waals surface area contributed by atoms with E-state index in [0.29, 0.717) is 23.6 Å². The number of rotatable bonds is 3. The second-order valence-electron chi connectivity index (χ2n) is 3.92. The van der Waals surface area contributed by atoms with Gasteiger partial charge in [0.05, 0.1) is 5.02 Å². The zero-order chi connectivity index (χ0) is 13.3. The number of benzene rings is 1. The van der Waals surface area contributed by atoms with Crippen LogP contribution in [0.4, 0.5) is 10.2 Å². The Bertz CT molecular complexity index is 605. The third-order valence-electron chi connectivity index (χ3n) is 2.70. The lowest BCUT2D eigenvalue weighted by molar-refractivity contribution is 0.628. The first kappa shape index (κ1) is 12.6. The molecule has 0 aliphatic carbocycles. The molecule has 0 bridgehead atoms. The van der Waals surface area contributed by atoms with E-state index in [-0.39, 0.29) is 5.02 Å². The molecule has 0 atom stereocenters. The Morgan fingerprint density at radius 2 is 2.28 bits per heavy atom. The van der Waals surface area contributed by atoms with Crippen molar-refractivity contribution in [3.63, 3.8) is 0 Å². The van der Waals surface area contributed by atoms with Crippen molar-refractivity contribution in [1.29, 1.82) is 0 Å². The fraction of sp³-hybridized carbons (Fsp3) is 0.154. The molecule has 0 saturated carbocycles. The number of allylic oxidation sites excluding steroid dienone is 1. The lowest BCUT2D eigenvalue weighted by atomic mass is 10.1. The summed E-state index contributed by atoms with van der Waals surface area (Å²) in [4.78, 5) is 4.35. The van der Waals surface area contributed by atoms with Crippen molar-refractivity contribution in [2.45, 2.75) is 13.5 Å². The molecule has 0 aliphatic rings. The number of halogens is 2. The predicted molar refractivity (Wildman–Crippen MR) is 72.0 cm³/mol. The van der Waals surface area contributed by atoms with Gasteiger partial charge in [-0.1, -0.05) is 23.7 Å². The molecule has 0 radical (unpaired) electrons. The Morgan fingerprint density at radius 1 is 1.56 bits per heavy atom. The summed E-state index contributed by atoms with van der Waals surface area (Å²) in [6.07, 6.45) is 1.73. The van der Waals surface area contributed by atoms with Gasteiger partial charge in [-0.15, -0.1) is 6.58 Å². The first-order valence-corrected chi connectivity index (χ1v) is 5.81. The molecule has 2 N–H and O–H groups in total. The highest BCUT2D eigenvalue weighted by atomic mass is 35.5. The van der Waals surface area contributed by atoms with E-state index in [0.717, 1.165) is 5.82 Å². The van der Waals surface area contributed by atoms with E-state index in [4.69, 9.17) is 17.3 Å². The molecule has 94 valence electrons. The van der Waals surface area contributed by atoms with Gasteiger partial charge >= 0.3 is 0 Å². The molecule has 0 fully saturated rings. The molecule has 18 heavy (non-hydrogen) atoms. The van der Waals surface area contributed by atoms with Crippen LogP contribution in [0.15, 0.2) is 30.9 Å². The van der Waals surface area contributed by atoms with E-state index in [1.165, 1.54) is 12.1 Å². The first-order valence-electron chi connectivity index (χ1n) is 5.43. The van der Waals surface area contributed by atoms with E-state index in [2.05, 4.69) is 11.6 Å². The second-order valence-corrected chi connectivity index (χ2v) is 4.33. The summed E-state index contributed by atoms with van der Waals surface area (Å²) >= 11 is 5.65. The monoisotopic (exact) mass is 265 g/mol. The summed E-state index contributed by atoms with van der Waals surface area (Å²) in [5, 5.41) is 0.0829. The third-order valence-corrected chi connectivity index (χ3v) is 3.01. The molecule has 3 nitrogen and oxygen atoms in total. The Kier molecular flexibility index (Phi) is 3.39. The topological polar surface area (TPSA) is 43.8 Å². The van der Waals surface area contributed by atoms with Crippen LogP contribution >= 0.6 is 11.6 Å². The molecule has 1 aromatic carbocycles. The van der Waals surface area contributed by atoms with Crippen molar-refractivity contribution in [3.05, 3.63) is 47.5 Å². The summed E-state index contributed by atoms with van der Waals surface area (Å²) < 4.78 is 15.2. The molecule has 2 rings (SSSR count). The van der Waals surface area contributed by atoms with Crippen LogP contribution < -0.4 is 5.73 Å². The number of nitrogens with two attached hydrogens (primary N) is 1.